The summed E-state index contributed by atoms with van der Waals surface area (Å²) in [5.74, 6) is 1.04. The summed E-state index contributed by atoms with van der Waals surface area (Å²) in [7, 11) is 1.88. The zero-order chi connectivity index (χ0) is 15.9. The first-order chi connectivity index (χ1) is 10.6. The molecule has 2 aromatic rings. The molecule has 23 heavy (non-hydrogen) atoms. The molecule has 1 aromatic heterocycles. The van der Waals surface area contributed by atoms with E-state index in [1.165, 1.54) is 6.07 Å². The first-order valence-corrected chi connectivity index (χ1v) is 7.67. The van der Waals surface area contributed by atoms with Crippen molar-refractivity contribution in [3.05, 3.63) is 47.4 Å². The van der Waals surface area contributed by atoms with Crippen molar-refractivity contribution < 1.29 is 9.13 Å². The fourth-order valence-corrected chi connectivity index (χ4v) is 2.14. The van der Waals surface area contributed by atoms with Gasteiger partial charge in [-0.2, -0.15) is 5.10 Å². The van der Waals surface area contributed by atoms with Crippen LogP contribution in [-0.4, -0.2) is 16.8 Å². The van der Waals surface area contributed by atoms with E-state index in [4.69, 9.17) is 4.74 Å². The van der Waals surface area contributed by atoms with Crippen LogP contribution in [0.15, 0.2) is 30.3 Å². The largest absolute Gasteiger partial charge is 0.473 e. The summed E-state index contributed by atoms with van der Waals surface area (Å²) < 4.78 is 21.3. The van der Waals surface area contributed by atoms with Gasteiger partial charge in [-0.05, 0) is 25.5 Å². The second-order valence-electron chi connectivity index (χ2n) is 5.79. The van der Waals surface area contributed by atoms with E-state index in [2.05, 4.69) is 24.3 Å². The third-order valence-corrected chi connectivity index (χ3v) is 3.40. The molecule has 4 nitrogen and oxygen atoms in total. The molecule has 6 heteroatoms. The summed E-state index contributed by atoms with van der Waals surface area (Å²) in [5.41, 5.74) is 1.48. The van der Waals surface area contributed by atoms with Gasteiger partial charge in [0.1, 0.15) is 12.4 Å². The number of aromatic nitrogens is 2. The van der Waals surface area contributed by atoms with E-state index in [-0.39, 0.29) is 24.8 Å². The number of aryl methyl sites for hydroxylation is 1. The number of ether oxygens (including phenoxy) is 1. The summed E-state index contributed by atoms with van der Waals surface area (Å²) in [6.45, 7) is 6.05. The molecule has 2 rings (SSSR count). The van der Waals surface area contributed by atoms with Gasteiger partial charge in [0.15, 0.2) is 0 Å². The molecule has 0 aliphatic heterocycles. The van der Waals surface area contributed by atoms with Crippen LogP contribution in [0.2, 0.25) is 0 Å². The summed E-state index contributed by atoms with van der Waals surface area (Å²) >= 11 is 0. The SMILES string of the molecule is CNCc1cc(OCc2ccccc2F)n(CCC(C)C)n1.Cl. The molecule has 0 fully saturated rings. The van der Waals surface area contributed by atoms with Crippen LogP contribution in [0.5, 0.6) is 5.88 Å². The predicted molar refractivity (Wildman–Crippen MR) is 92.4 cm³/mol. The molecule has 0 radical (unpaired) electrons. The molecule has 1 aromatic carbocycles. The van der Waals surface area contributed by atoms with Crippen molar-refractivity contribution in [3.63, 3.8) is 0 Å². The Bertz CT molecular complexity index is 601. The zero-order valence-electron chi connectivity index (χ0n) is 13.9. The standard InChI is InChI=1S/C17H24FN3O.ClH/c1-13(2)8-9-21-17(10-15(20-21)11-19-3)22-12-14-6-4-5-7-16(14)18;/h4-7,10,13,19H,8-9,11-12H2,1-3H3;1H. The van der Waals surface area contributed by atoms with Gasteiger partial charge in [0.2, 0.25) is 5.88 Å². The smallest absolute Gasteiger partial charge is 0.212 e. The minimum atomic E-state index is -0.244. The maximum atomic E-state index is 13.7. The van der Waals surface area contributed by atoms with Crippen LogP contribution in [0.3, 0.4) is 0 Å². The fraction of sp³-hybridized carbons (Fsp3) is 0.471. The molecule has 0 atom stereocenters. The van der Waals surface area contributed by atoms with Gasteiger partial charge in [-0.1, -0.05) is 32.0 Å². The summed E-state index contributed by atoms with van der Waals surface area (Å²) in [6.07, 6.45) is 1.02. The molecule has 0 spiro atoms. The van der Waals surface area contributed by atoms with E-state index < -0.39 is 0 Å². The van der Waals surface area contributed by atoms with Crippen molar-refractivity contribution in [3.8, 4) is 5.88 Å². The Morgan fingerprint density at radius 1 is 1.30 bits per heavy atom. The quantitative estimate of drug-likeness (QED) is 0.794. The van der Waals surface area contributed by atoms with Crippen molar-refractivity contribution in [2.75, 3.05) is 7.05 Å². The molecule has 1 heterocycles. The van der Waals surface area contributed by atoms with Gasteiger partial charge in [-0.15, -0.1) is 12.4 Å². The minimum Gasteiger partial charge on any atom is -0.473 e. The van der Waals surface area contributed by atoms with Gasteiger partial charge in [0, 0.05) is 24.7 Å². The van der Waals surface area contributed by atoms with Gasteiger partial charge in [0.05, 0.1) is 5.69 Å². The molecular weight excluding hydrogens is 317 g/mol. The van der Waals surface area contributed by atoms with E-state index in [0.717, 1.165) is 18.7 Å². The molecule has 128 valence electrons. The van der Waals surface area contributed by atoms with Gasteiger partial charge < -0.3 is 10.1 Å². The molecule has 0 amide bonds. The summed E-state index contributed by atoms with van der Waals surface area (Å²) in [5, 5.41) is 7.62. The monoisotopic (exact) mass is 341 g/mol. The lowest BCUT2D eigenvalue weighted by Crippen LogP contribution is -2.09. The van der Waals surface area contributed by atoms with E-state index in [0.29, 0.717) is 23.9 Å². The maximum Gasteiger partial charge on any atom is 0.212 e. The van der Waals surface area contributed by atoms with Crippen molar-refractivity contribution in [2.45, 2.75) is 40.0 Å². The zero-order valence-corrected chi connectivity index (χ0v) is 14.7. The molecule has 1 N–H and O–H groups in total. The Balaban J connectivity index is 0.00000264. The first-order valence-electron chi connectivity index (χ1n) is 7.67. The van der Waals surface area contributed by atoms with E-state index >= 15 is 0 Å². The maximum absolute atomic E-state index is 13.7. The van der Waals surface area contributed by atoms with Crippen LogP contribution in [0.4, 0.5) is 4.39 Å². The van der Waals surface area contributed by atoms with Crippen LogP contribution >= 0.6 is 12.4 Å². The molecule has 0 aliphatic rings. The third-order valence-electron chi connectivity index (χ3n) is 3.40. The summed E-state index contributed by atoms with van der Waals surface area (Å²) in [4.78, 5) is 0. The normalized spacial score (nSPS) is 10.7. The van der Waals surface area contributed by atoms with Crippen LogP contribution in [0.1, 0.15) is 31.5 Å². The molecular formula is C17H25ClFN3O. The average Bonchev–Trinajstić information content (AvgIpc) is 2.87. The van der Waals surface area contributed by atoms with Crippen LogP contribution in [0.25, 0.3) is 0 Å². The van der Waals surface area contributed by atoms with Crippen molar-refractivity contribution in [1.82, 2.24) is 15.1 Å². The van der Waals surface area contributed by atoms with Gasteiger partial charge in [-0.25, -0.2) is 9.07 Å². The van der Waals surface area contributed by atoms with Gasteiger partial charge in [-0.3, -0.25) is 0 Å². The number of halogens is 2. The van der Waals surface area contributed by atoms with Crippen LogP contribution in [-0.2, 0) is 19.7 Å². The predicted octanol–water partition coefficient (Wildman–Crippen LogP) is 3.79. The number of benzene rings is 1. The Labute approximate surface area is 143 Å². The molecule has 0 bridgehead atoms. The van der Waals surface area contributed by atoms with Crippen LogP contribution in [0, 0.1) is 11.7 Å². The Kier molecular flexibility index (Phi) is 8.06. The highest BCUT2D eigenvalue weighted by molar-refractivity contribution is 5.85. The number of rotatable bonds is 8. The third kappa shape index (κ3) is 5.84. The van der Waals surface area contributed by atoms with Crippen LogP contribution < -0.4 is 10.1 Å². The molecule has 0 saturated heterocycles. The minimum absolute atomic E-state index is 0. The topological polar surface area (TPSA) is 39.1 Å². The Morgan fingerprint density at radius 3 is 2.70 bits per heavy atom. The molecule has 0 aliphatic carbocycles. The molecule has 0 unspecified atom stereocenters. The highest BCUT2D eigenvalue weighted by atomic mass is 35.5. The lowest BCUT2D eigenvalue weighted by Gasteiger charge is -2.10. The van der Waals surface area contributed by atoms with E-state index in [1.807, 2.05) is 23.9 Å². The lowest BCUT2D eigenvalue weighted by molar-refractivity contribution is 0.264. The fourth-order valence-electron chi connectivity index (χ4n) is 2.14. The molecule has 0 saturated carbocycles. The highest BCUT2D eigenvalue weighted by Crippen LogP contribution is 2.18. The second kappa shape index (κ2) is 9.53. The Morgan fingerprint density at radius 2 is 2.04 bits per heavy atom. The Hall–Kier alpha value is -1.59. The summed E-state index contributed by atoms with van der Waals surface area (Å²) in [6, 6.07) is 8.58. The van der Waals surface area contributed by atoms with Gasteiger partial charge in [0.25, 0.3) is 0 Å². The van der Waals surface area contributed by atoms with Crippen molar-refractivity contribution in [2.24, 2.45) is 5.92 Å². The number of nitrogens with one attached hydrogen (secondary N) is 1. The van der Waals surface area contributed by atoms with E-state index in [9.17, 15) is 4.39 Å². The van der Waals surface area contributed by atoms with Crippen molar-refractivity contribution >= 4 is 12.4 Å². The van der Waals surface area contributed by atoms with Gasteiger partial charge >= 0.3 is 0 Å². The van der Waals surface area contributed by atoms with Crippen molar-refractivity contribution in [1.29, 1.82) is 0 Å². The second-order valence-corrected chi connectivity index (χ2v) is 5.79. The number of hydrogen-bond donors (Lipinski definition) is 1. The number of hydrogen-bond acceptors (Lipinski definition) is 3. The van der Waals surface area contributed by atoms with E-state index in [1.54, 1.807) is 12.1 Å². The lowest BCUT2D eigenvalue weighted by atomic mass is 10.1. The highest BCUT2D eigenvalue weighted by Gasteiger charge is 2.10. The average molecular weight is 342 g/mol. The number of nitrogens with zero attached hydrogens (tertiary/aromatic N) is 2. The first kappa shape index (κ1) is 19.5.